The topological polar surface area (TPSA) is 47.1 Å². The van der Waals surface area contributed by atoms with Gasteiger partial charge in [-0.2, -0.15) is 26.3 Å². The first kappa shape index (κ1) is 24.0. The van der Waals surface area contributed by atoms with Gasteiger partial charge in [-0.3, -0.25) is 4.98 Å². The Morgan fingerprint density at radius 1 is 1.06 bits per heavy atom. The van der Waals surface area contributed by atoms with Crippen LogP contribution in [0.2, 0.25) is 10.0 Å². The van der Waals surface area contributed by atoms with Gasteiger partial charge in [-0.25, -0.2) is 0 Å². The van der Waals surface area contributed by atoms with Crippen molar-refractivity contribution in [1.29, 1.82) is 0 Å². The predicted octanol–water partition coefficient (Wildman–Crippen LogP) is 7.37. The fourth-order valence-corrected chi connectivity index (χ4v) is 3.92. The lowest BCUT2D eigenvalue weighted by Crippen LogP contribution is -2.11. The largest absolute Gasteiger partial charge is 0.445 e. The molecule has 5 nitrogen and oxygen atoms in total. The Hall–Kier alpha value is -2.62. The SMILES string of the molecule is [C-]#[N+]c1nn(-c2c(Cl)cc(C(F)(F)F)cc2Cl)c(NCc2ccncc2)c1SC(F)(F)F. The van der Waals surface area contributed by atoms with Crippen LogP contribution in [-0.2, 0) is 12.7 Å². The molecule has 14 heteroatoms. The minimum absolute atomic E-state index is 0.00700. The van der Waals surface area contributed by atoms with E-state index in [-0.39, 0.29) is 18.1 Å². The number of anilines is 1. The highest BCUT2D eigenvalue weighted by molar-refractivity contribution is 8.00. The first-order valence-electron chi connectivity index (χ1n) is 8.36. The Balaban J connectivity index is 2.18. The summed E-state index contributed by atoms with van der Waals surface area (Å²) in [6.45, 7) is 7.20. The Kier molecular flexibility index (Phi) is 6.83. The zero-order chi connectivity index (χ0) is 23.7. The van der Waals surface area contributed by atoms with Crippen molar-refractivity contribution in [3.05, 3.63) is 69.2 Å². The van der Waals surface area contributed by atoms with E-state index in [0.717, 1.165) is 4.68 Å². The molecule has 0 spiro atoms. The average Bonchev–Trinajstić information content (AvgIpc) is 3.01. The molecule has 0 radical (unpaired) electrons. The Morgan fingerprint density at radius 3 is 2.16 bits per heavy atom. The van der Waals surface area contributed by atoms with E-state index >= 15 is 0 Å². The highest BCUT2D eigenvalue weighted by atomic mass is 35.5. The molecule has 0 saturated heterocycles. The average molecular weight is 512 g/mol. The van der Waals surface area contributed by atoms with Crippen LogP contribution in [0.25, 0.3) is 10.5 Å². The maximum absolute atomic E-state index is 13.2. The van der Waals surface area contributed by atoms with Gasteiger partial charge in [0.25, 0.3) is 0 Å². The number of hydrogen-bond donors (Lipinski definition) is 1. The van der Waals surface area contributed by atoms with Crippen LogP contribution in [0.3, 0.4) is 0 Å². The van der Waals surface area contributed by atoms with Gasteiger partial charge in [-0.05, 0) is 46.7 Å². The molecule has 2 heterocycles. The summed E-state index contributed by atoms with van der Waals surface area (Å²) >= 11 is 11.4. The van der Waals surface area contributed by atoms with E-state index in [1.807, 2.05) is 0 Å². The van der Waals surface area contributed by atoms with Gasteiger partial charge in [0.05, 0.1) is 20.5 Å². The Bertz CT molecular complexity index is 1150. The van der Waals surface area contributed by atoms with Crippen LogP contribution >= 0.6 is 35.0 Å². The first-order chi connectivity index (χ1) is 14.9. The third kappa shape index (κ3) is 5.40. The summed E-state index contributed by atoms with van der Waals surface area (Å²) in [5, 5.41) is 5.54. The van der Waals surface area contributed by atoms with Crippen LogP contribution in [-0.4, -0.2) is 20.3 Å². The molecule has 0 aliphatic rings. The number of nitrogens with zero attached hydrogens (tertiary/aromatic N) is 4. The molecule has 0 fully saturated rings. The van der Waals surface area contributed by atoms with Gasteiger partial charge in [0, 0.05) is 18.9 Å². The van der Waals surface area contributed by atoms with Gasteiger partial charge in [-0.1, -0.05) is 29.8 Å². The number of rotatable bonds is 5. The van der Waals surface area contributed by atoms with Gasteiger partial charge < -0.3 is 10.2 Å². The molecule has 0 bridgehead atoms. The molecule has 168 valence electrons. The van der Waals surface area contributed by atoms with Gasteiger partial charge in [-0.15, -0.1) is 4.68 Å². The maximum atomic E-state index is 13.2. The molecule has 3 aromatic rings. The van der Waals surface area contributed by atoms with Crippen LogP contribution in [0.15, 0.2) is 41.6 Å². The van der Waals surface area contributed by atoms with E-state index in [9.17, 15) is 26.3 Å². The van der Waals surface area contributed by atoms with Gasteiger partial charge in [0.1, 0.15) is 5.69 Å². The number of hydrogen-bond acceptors (Lipinski definition) is 4. The van der Waals surface area contributed by atoms with Crippen LogP contribution in [0.4, 0.5) is 38.0 Å². The summed E-state index contributed by atoms with van der Waals surface area (Å²) in [6, 6.07) is 4.34. The van der Waals surface area contributed by atoms with Crippen molar-refractivity contribution in [2.24, 2.45) is 0 Å². The number of nitrogens with one attached hydrogen (secondary N) is 1. The molecule has 0 aliphatic carbocycles. The summed E-state index contributed by atoms with van der Waals surface area (Å²) in [6.07, 6.45) is -1.82. The normalized spacial score (nSPS) is 12.0. The highest BCUT2D eigenvalue weighted by Gasteiger charge is 2.37. The number of thioether (sulfide) groups is 1. The molecule has 2 aromatic heterocycles. The quantitative estimate of drug-likeness (QED) is 0.220. The van der Waals surface area contributed by atoms with E-state index < -0.39 is 49.8 Å². The lowest BCUT2D eigenvalue weighted by molar-refractivity contribution is -0.137. The van der Waals surface area contributed by atoms with Crippen molar-refractivity contribution in [3.8, 4) is 5.69 Å². The van der Waals surface area contributed by atoms with Crippen molar-refractivity contribution in [3.63, 3.8) is 0 Å². The minimum Gasteiger partial charge on any atom is -0.364 e. The molecule has 0 amide bonds. The molecule has 0 aliphatic heterocycles. The maximum Gasteiger partial charge on any atom is 0.445 e. The molecule has 1 N–H and O–H groups in total. The number of halogens is 8. The second-order valence-corrected chi connectivity index (χ2v) is 7.96. The van der Waals surface area contributed by atoms with Crippen molar-refractivity contribution >= 4 is 46.6 Å². The first-order valence-corrected chi connectivity index (χ1v) is 9.93. The number of benzene rings is 1. The van der Waals surface area contributed by atoms with Crippen molar-refractivity contribution in [2.75, 3.05) is 5.32 Å². The zero-order valence-corrected chi connectivity index (χ0v) is 17.7. The summed E-state index contributed by atoms with van der Waals surface area (Å²) < 4.78 is 79.5. The lowest BCUT2D eigenvalue weighted by Gasteiger charge is -2.15. The zero-order valence-electron chi connectivity index (χ0n) is 15.4. The van der Waals surface area contributed by atoms with Crippen LogP contribution in [0.1, 0.15) is 11.1 Å². The highest BCUT2D eigenvalue weighted by Crippen LogP contribution is 2.48. The lowest BCUT2D eigenvalue weighted by atomic mass is 10.2. The van der Waals surface area contributed by atoms with E-state index in [4.69, 9.17) is 29.8 Å². The third-order valence-electron chi connectivity index (χ3n) is 3.91. The van der Waals surface area contributed by atoms with Crippen molar-refractivity contribution < 1.29 is 26.3 Å². The smallest absolute Gasteiger partial charge is 0.364 e. The minimum atomic E-state index is -4.77. The van der Waals surface area contributed by atoms with Gasteiger partial charge in [0.15, 0.2) is 5.82 Å². The standard InChI is InChI=1S/C18H9Cl2F6N5S/c1-27-15-14(32-18(24,25)26)16(29-8-9-2-4-28-5-3-9)31(30-15)13-11(19)6-10(7-12(13)20)17(21,22)23/h2-7,29H,8H2. The van der Waals surface area contributed by atoms with E-state index in [0.29, 0.717) is 17.7 Å². The summed E-state index contributed by atoms with van der Waals surface area (Å²) in [7, 11) is 0. The molecular weight excluding hydrogens is 503 g/mol. The molecule has 3 rings (SSSR count). The van der Waals surface area contributed by atoms with Crippen LogP contribution in [0.5, 0.6) is 0 Å². The Labute approximate surface area is 191 Å². The van der Waals surface area contributed by atoms with Crippen molar-refractivity contribution in [1.82, 2.24) is 14.8 Å². The van der Waals surface area contributed by atoms with E-state index in [1.165, 1.54) is 12.4 Å². The van der Waals surface area contributed by atoms with Gasteiger partial charge >= 0.3 is 17.5 Å². The summed E-state index contributed by atoms with van der Waals surface area (Å²) in [4.78, 5) is 6.27. The molecule has 0 unspecified atom stereocenters. The van der Waals surface area contributed by atoms with Crippen LogP contribution < -0.4 is 5.32 Å². The second-order valence-electron chi connectivity index (χ2n) is 6.07. The van der Waals surface area contributed by atoms with Gasteiger partial charge in [0.2, 0.25) is 0 Å². The monoisotopic (exact) mass is 511 g/mol. The van der Waals surface area contributed by atoms with Crippen molar-refractivity contribution in [2.45, 2.75) is 23.1 Å². The molecule has 1 aromatic carbocycles. The summed E-state index contributed by atoms with van der Waals surface area (Å²) in [5.41, 5.74) is -5.60. The Morgan fingerprint density at radius 2 is 1.66 bits per heavy atom. The predicted molar refractivity (Wildman–Crippen MR) is 108 cm³/mol. The third-order valence-corrected chi connectivity index (χ3v) is 5.30. The fraction of sp³-hybridized carbons (Fsp3) is 0.167. The summed E-state index contributed by atoms with van der Waals surface area (Å²) in [5.74, 6) is -0.935. The van der Waals surface area contributed by atoms with E-state index in [1.54, 1.807) is 12.1 Å². The molecule has 0 atom stereocenters. The molecule has 0 saturated carbocycles. The van der Waals surface area contributed by atoms with E-state index in [2.05, 4.69) is 20.2 Å². The number of aromatic nitrogens is 3. The van der Waals surface area contributed by atoms with Crippen LogP contribution in [0, 0.1) is 6.57 Å². The second kappa shape index (κ2) is 9.09. The number of pyridine rings is 1. The molecule has 32 heavy (non-hydrogen) atoms. The fourth-order valence-electron chi connectivity index (χ4n) is 2.61. The molecular formula is C18H9Cl2F6N5S. The number of alkyl halides is 6.